The second-order valence-corrected chi connectivity index (χ2v) is 15.3. The fourth-order valence-corrected chi connectivity index (χ4v) is 6.09. The molecule has 6 heteroatoms. The van der Waals surface area contributed by atoms with Gasteiger partial charge in [-0.3, -0.25) is 14.4 Å². The van der Waals surface area contributed by atoms with Crippen LogP contribution >= 0.6 is 0 Å². The summed E-state index contributed by atoms with van der Waals surface area (Å²) >= 11 is 0. The van der Waals surface area contributed by atoms with Crippen LogP contribution < -0.4 is 0 Å². The maximum Gasteiger partial charge on any atom is 0.306 e. The van der Waals surface area contributed by atoms with E-state index in [0.29, 0.717) is 19.3 Å². The Kier molecular flexibility index (Phi) is 43.6. The smallest absolute Gasteiger partial charge is 0.306 e. The van der Waals surface area contributed by atoms with Crippen LogP contribution in [-0.4, -0.2) is 37.2 Å². The Morgan fingerprint density at radius 1 is 0.379 bits per heavy atom. The van der Waals surface area contributed by atoms with Gasteiger partial charge in [-0.25, -0.2) is 0 Å². The second kappa shape index (κ2) is 46.3. The van der Waals surface area contributed by atoms with Crippen molar-refractivity contribution in [2.75, 3.05) is 13.2 Å². The first-order valence-electron chi connectivity index (χ1n) is 23.6. The molecular weight excluding hydrogens is 721 g/mol. The average Bonchev–Trinajstić information content (AvgIpc) is 3.22. The van der Waals surface area contributed by atoms with Crippen LogP contribution in [0.4, 0.5) is 0 Å². The Balaban J connectivity index is 4.45. The Morgan fingerprint density at radius 2 is 0.776 bits per heavy atom. The van der Waals surface area contributed by atoms with Gasteiger partial charge in [-0.2, -0.15) is 0 Å². The van der Waals surface area contributed by atoms with Crippen molar-refractivity contribution in [2.24, 2.45) is 0 Å². The molecule has 0 radical (unpaired) electrons. The molecular formula is C52H86O6. The molecule has 58 heavy (non-hydrogen) atoms. The zero-order valence-electron chi connectivity index (χ0n) is 37.5. The monoisotopic (exact) mass is 807 g/mol. The number of carbonyl (C=O) groups excluding carboxylic acids is 3. The Labute approximate surface area is 356 Å². The summed E-state index contributed by atoms with van der Waals surface area (Å²) in [6.45, 7) is 6.37. The number of carbonyl (C=O) groups is 3. The number of esters is 3. The van der Waals surface area contributed by atoms with Crippen LogP contribution in [0, 0.1) is 0 Å². The third kappa shape index (κ3) is 43.7. The predicted octanol–water partition coefficient (Wildman–Crippen LogP) is 15.3. The van der Waals surface area contributed by atoms with Crippen LogP contribution in [0.25, 0.3) is 0 Å². The highest BCUT2D eigenvalue weighted by atomic mass is 16.6. The minimum absolute atomic E-state index is 0.109. The van der Waals surface area contributed by atoms with Crippen molar-refractivity contribution in [3.63, 3.8) is 0 Å². The Morgan fingerprint density at radius 3 is 1.31 bits per heavy atom. The van der Waals surface area contributed by atoms with E-state index in [1.54, 1.807) is 0 Å². The molecule has 1 atom stereocenters. The van der Waals surface area contributed by atoms with Gasteiger partial charge in [0, 0.05) is 19.3 Å². The number of rotatable bonds is 41. The SMILES string of the molecule is CC/C=C\C/C=C\C/C=C\CCCC(=O)OC(COC(=O)CCCCCCC\C=C/C=C\C=C/CCCCCCC)COC(=O)CCCCCCC/C=C\CCCC. The number of ether oxygens (including phenoxy) is 3. The van der Waals surface area contributed by atoms with Crippen LogP contribution in [0.15, 0.2) is 85.1 Å². The van der Waals surface area contributed by atoms with Crippen LogP contribution in [0.2, 0.25) is 0 Å². The molecule has 0 rings (SSSR count). The molecule has 0 spiro atoms. The molecule has 0 heterocycles. The molecule has 1 unspecified atom stereocenters. The largest absolute Gasteiger partial charge is 0.462 e. The van der Waals surface area contributed by atoms with Gasteiger partial charge in [-0.05, 0) is 89.9 Å². The third-order valence-electron chi connectivity index (χ3n) is 9.66. The summed E-state index contributed by atoms with van der Waals surface area (Å²) in [5, 5.41) is 0. The maximum atomic E-state index is 12.7. The molecule has 0 amide bonds. The normalized spacial score (nSPS) is 12.8. The summed E-state index contributed by atoms with van der Waals surface area (Å²) in [4.78, 5) is 37.7. The van der Waals surface area contributed by atoms with E-state index < -0.39 is 6.10 Å². The Hall–Kier alpha value is -3.41. The lowest BCUT2D eigenvalue weighted by atomic mass is 10.1. The molecule has 6 nitrogen and oxygen atoms in total. The fourth-order valence-electron chi connectivity index (χ4n) is 6.09. The summed E-state index contributed by atoms with van der Waals surface area (Å²) in [5.41, 5.74) is 0. The minimum atomic E-state index is -0.813. The van der Waals surface area contributed by atoms with Crippen molar-refractivity contribution in [3.8, 4) is 0 Å². The van der Waals surface area contributed by atoms with E-state index >= 15 is 0 Å². The van der Waals surface area contributed by atoms with E-state index in [2.05, 4.69) is 106 Å². The summed E-state index contributed by atoms with van der Waals surface area (Å²) in [5.74, 6) is -1.00. The van der Waals surface area contributed by atoms with Gasteiger partial charge in [0.1, 0.15) is 13.2 Å². The van der Waals surface area contributed by atoms with Crippen LogP contribution in [0.3, 0.4) is 0 Å². The molecule has 0 aliphatic heterocycles. The lowest BCUT2D eigenvalue weighted by molar-refractivity contribution is -0.167. The van der Waals surface area contributed by atoms with E-state index in [-0.39, 0.29) is 37.5 Å². The molecule has 0 N–H and O–H groups in total. The van der Waals surface area contributed by atoms with Crippen molar-refractivity contribution < 1.29 is 28.6 Å². The second-order valence-electron chi connectivity index (χ2n) is 15.3. The van der Waals surface area contributed by atoms with E-state index in [4.69, 9.17) is 14.2 Å². The van der Waals surface area contributed by atoms with Crippen molar-refractivity contribution >= 4 is 17.9 Å². The average molecular weight is 807 g/mol. The van der Waals surface area contributed by atoms with Crippen molar-refractivity contribution in [2.45, 2.75) is 213 Å². The molecule has 0 saturated heterocycles. The molecule has 0 aliphatic rings. The first kappa shape index (κ1) is 54.6. The highest BCUT2D eigenvalue weighted by Crippen LogP contribution is 2.12. The fraction of sp³-hybridized carbons (Fsp3) is 0.673. The van der Waals surface area contributed by atoms with Crippen LogP contribution in [0.1, 0.15) is 207 Å². The van der Waals surface area contributed by atoms with Gasteiger partial charge < -0.3 is 14.2 Å². The van der Waals surface area contributed by atoms with Gasteiger partial charge in [0.25, 0.3) is 0 Å². The van der Waals surface area contributed by atoms with E-state index in [1.165, 1.54) is 57.8 Å². The van der Waals surface area contributed by atoms with Gasteiger partial charge in [0.05, 0.1) is 0 Å². The van der Waals surface area contributed by atoms with Gasteiger partial charge in [-0.15, -0.1) is 0 Å². The number of unbranched alkanes of at least 4 members (excludes halogenated alkanes) is 18. The standard InChI is InChI=1S/C52H86O6/c1-4-7-10-13-16-19-22-23-24-25-26-27-28-31-33-36-39-42-45-51(54)57-48-49(58-52(55)46-43-40-37-34-30-21-18-15-12-9-6-3)47-56-50(53)44-41-38-35-32-29-20-17-14-11-8-5-2/h9,12,14,17-18,21-27,34,37,49H,4-8,10-11,13,15-16,19-20,28-33,35-36,38-48H2,1-3H3/b12-9-,17-14-,21-18-,23-22-,25-24-,27-26-,37-34-. The summed E-state index contributed by atoms with van der Waals surface area (Å²) in [7, 11) is 0. The van der Waals surface area contributed by atoms with Crippen LogP contribution in [-0.2, 0) is 28.6 Å². The van der Waals surface area contributed by atoms with Crippen molar-refractivity contribution in [3.05, 3.63) is 85.1 Å². The Bertz CT molecular complexity index is 1160. The topological polar surface area (TPSA) is 78.9 Å². The molecule has 0 fully saturated rings. The van der Waals surface area contributed by atoms with Gasteiger partial charge in [-0.1, -0.05) is 183 Å². The zero-order valence-corrected chi connectivity index (χ0v) is 37.5. The zero-order chi connectivity index (χ0) is 42.3. The first-order chi connectivity index (χ1) is 28.5. The predicted molar refractivity (Wildman–Crippen MR) is 247 cm³/mol. The van der Waals surface area contributed by atoms with Gasteiger partial charge >= 0.3 is 17.9 Å². The number of hydrogen-bond donors (Lipinski definition) is 0. The van der Waals surface area contributed by atoms with E-state index in [0.717, 1.165) is 103 Å². The lowest BCUT2D eigenvalue weighted by Gasteiger charge is -2.18. The number of hydrogen-bond acceptors (Lipinski definition) is 6. The molecule has 0 aromatic carbocycles. The molecule has 0 aliphatic carbocycles. The molecule has 0 bridgehead atoms. The highest BCUT2D eigenvalue weighted by Gasteiger charge is 2.19. The van der Waals surface area contributed by atoms with Crippen molar-refractivity contribution in [1.82, 2.24) is 0 Å². The summed E-state index contributed by atoms with van der Waals surface area (Å²) < 4.78 is 16.6. The van der Waals surface area contributed by atoms with Crippen LogP contribution in [0.5, 0.6) is 0 Å². The van der Waals surface area contributed by atoms with Crippen molar-refractivity contribution in [1.29, 1.82) is 0 Å². The maximum absolute atomic E-state index is 12.7. The van der Waals surface area contributed by atoms with Gasteiger partial charge in [0.2, 0.25) is 0 Å². The molecule has 0 saturated carbocycles. The third-order valence-corrected chi connectivity index (χ3v) is 9.66. The molecule has 0 aromatic heterocycles. The summed E-state index contributed by atoms with van der Waals surface area (Å²) in [6.07, 6.45) is 58.6. The molecule has 330 valence electrons. The quantitative estimate of drug-likeness (QED) is 0.0201. The summed E-state index contributed by atoms with van der Waals surface area (Å²) in [6, 6.07) is 0. The molecule has 0 aromatic rings. The minimum Gasteiger partial charge on any atom is -0.462 e. The highest BCUT2D eigenvalue weighted by molar-refractivity contribution is 5.71. The van der Waals surface area contributed by atoms with E-state index in [1.807, 2.05) is 0 Å². The number of allylic oxidation sites excluding steroid dienone is 14. The van der Waals surface area contributed by atoms with E-state index in [9.17, 15) is 14.4 Å². The first-order valence-corrected chi connectivity index (χ1v) is 23.6. The lowest BCUT2D eigenvalue weighted by Crippen LogP contribution is -2.30. The van der Waals surface area contributed by atoms with Gasteiger partial charge in [0.15, 0.2) is 6.10 Å².